The van der Waals surface area contributed by atoms with Crippen LogP contribution in [-0.2, 0) is 7.05 Å². The Hall–Kier alpha value is -1.32. The lowest BCUT2D eigenvalue weighted by molar-refractivity contribution is 0.100. The minimum atomic E-state index is -0.0424. The molecular weight excluding hydrogens is 204 g/mol. The Labute approximate surface area is 95.6 Å². The summed E-state index contributed by atoms with van der Waals surface area (Å²) in [6.45, 7) is 2.21. The molecule has 0 saturated heterocycles. The molecule has 0 aromatic carbocycles. The second kappa shape index (κ2) is 4.68. The van der Waals surface area contributed by atoms with Gasteiger partial charge in [0, 0.05) is 14.0 Å². The number of carbonyl (C=O) groups excluding carboxylic acids is 1. The van der Waals surface area contributed by atoms with E-state index >= 15 is 0 Å². The molecule has 88 valence electrons. The van der Waals surface area contributed by atoms with Crippen molar-refractivity contribution >= 4 is 5.78 Å². The average molecular weight is 222 g/mol. The van der Waals surface area contributed by atoms with Crippen LogP contribution in [0.15, 0.2) is 6.20 Å². The molecule has 16 heavy (non-hydrogen) atoms. The van der Waals surface area contributed by atoms with Crippen molar-refractivity contribution in [2.75, 3.05) is 6.61 Å². The van der Waals surface area contributed by atoms with Gasteiger partial charge in [-0.25, -0.2) is 0 Å². The highest BCUT2D eigenvalue weighted by Crippen LogP contribution is 2.29. The summed E-state index contributed by atoms with van der Waals surface area (Å²) in [5.74, 6) is 1.41. The molecule has 1 aromatic heterocycles. The van der Waals surface area contributed by atoms with Gasteiger partial charge in [-0.1, -0.05) is 19.3 Å². The normalized spacial score (nSPS) is 15.9. The van der Waals surface area contributed by atoms with Crippen molar-refractivity contribution in [2.45, 2.75) is 32.6 Å². The maximum Gasteiger partial charge on any atom is 0.183 e. The smallest absolute Gasteiger partial charge is 0.183 e. The molecule has 0 unspecified atom stereocenters. The second-order valence-electron chi connectivity index (χ2n) is 4.51. The first-order valence-electron chi connectivity index (χ1n) is 5.84. The van der Waals surface area contributed by atoms with E-state index in [4.69, 9.17) is 4.74 Å². The molecule has 1 aliphatic rings. The van der Waals surface area contributed by atoms with E-state index in [0.29, 0.717) is 18.1 Å². The van der Waals surface area contributed by atoms with Crippen LogP contribution in [0, 0.1) is 5.92 Å². The summed E-state index contributed by atoms with van der Waals surface area (Å²) in [6.07, 6.45) is 6.87. The van der Waals surface area contributed by atoms with Crippen LogP contribution in [0.2, 0.25) is 0 Å². The van der Waals surface area contributed by atoms with Gasteiger partial charge in [-0.15, -0.1) is 0 Å². The van der Waals surface area contributed by atoms with Crippen molar-refractivity contribution in [1.82, 2.24) is 9.78 Å². The molecule has 1 fully saturated rings. The average Bonchev–Trinajstić information content (AvgIpc) is 2.51. The van der Waals surface area contributed by atoms with E-state index in [2.05, 4.69) is 5.10 Å². The van der Waals surface area contributed by atoms with Gasteiger partial charge < -0.3 is 4.74 Å². The third kappa shape index (κ3) is 2.43. The number of ketones is 1. The number of carbonyl (C=O) groups is 1. The Bertz CT molecular complexity index is 380. The fourth-order valence-corrected chi connectivity index (χ4v) is 1.93. The summed E-state index contributed by atoms with van der Waals surface area (Å²) in [6, 6.07) is 0. The second-order valence-corrected chi connectivity index (χ2v) is 4.51. The first kappa shape index (κ1) is 11.2. The number of hydrogen-bond acceptors (Lipinski definition) is 3. The Morgan fingerprint density at radius 2 is 2.38 bits per heavy atom. The van der Waals surface area contributed by atoms with Crippen molar-refractivity contribution in [1.29, 1.82) is 0 Å². The molecule has 1 aliphatic carbocycles. The highest BCUT2D eigenvalue weighted by Gasteiger charge is 2.18. The van der Waals surface area contributed by atoms with Crippen molar-refractivity contribution < 1.29 is 9.53 Å². The van der Waals surface area contributed by atoms with Gasteiger partial charge >= 0.3 is 0 Å². The van der Waals surface area contributed by atoms with Crippen LogP contribution in [0.3, 0.4) is 0 Å². The lowest BCUT2D eigenvalue weighted by atomic mass is 9.83. The standard InChI is InChI=1S/C12H18N2O2/c1-9(15)12-11(8-14(2)13-12)16-7-6-10-4-3-5-10/h8,10H,3-7H2,1-2H3. The molecule has 0 bridgehead atoms. The Morgan fingerprint density at radius 3 is 2.94 bits per heavy atom. The largest absolute Gasteiger partial charge is 0.489 e. The fraction of sp³-hybridized carbons (Fsp3) is 0.667. The van der Waals surface area contributed by atoms with Crippen molar-refractivity contribution in [2.24, 2.45) is 13.0 Å². The molecule has 1 saturated carbocycles. The first-order chi connectivity index (χ1) is 7.66. The van der Waals surface area contributed by atoms with E-state index in [1.165, 1.54) is 26.2 Å². The first-order valence-corrected chi connectivity index (χ1v) is 5.84. The molecule has 4 heteroatoms. The summed E-state index contributed by atoms with van der Waals surface area (Å²) < 4.78 is 7.24. The number of Topliss-reactive ketones (excluding diaryl/α,β-unsaturated/α-hetero) is 1. The summed E-state index contributed by atoms with van der Waals surface area (Å²) in [5.41, 5.74) is 0.441. The van der Waals surface area contributed by atoms with E-state index in [1.807, 2.05) is 0 Å². The summed E-state index contributed by atoms with van der Waals surface area (Å²) >= 11 is 0. The zero-order valence-corrected chi connectivity index (χ0v) is 9.90. The SMILES string of the molecule is CC(=O)c1nn(C)cc1OCCC1CCC1. The molecule has 0 amide bonds. The number of rotatable bonds is 5. The minimum Gasteiger partial charge on any atom is -0.489 e. The molecule has 0 atom stereocenters. The molecule has 4 nitrogen and oxygen atoms in total. The van der Waals surface area contributed by atoms with Crippen molar-refractivity contribution in [3.8, 4) is 5.75 Å². The van der Waals surface area contributed by atoms with Gasteiger partial charge in [-0.2, -0.15) is 5.10 Å². The molecule has 2 rings (SSSR count). The predicted octanol–water partition coefficient (Wildman–Crippen LogP) is 2.19. The van der Waals surface area contributed by atoms with E-state index in [0.717, 1.165) is 12.3 Å². The third-order valence-electron chi connectivity index (χ3n) is 3.14. The fourth-order valence-electron chi connectivity index (χ4n) is 1.93. The summed E-state index contributed by atoms with van der Waals surface area (Å²) in [5, 5.41) is 4.08. The van der Waals surface area contributed by atoms with Gasteiger partial charge in [0.2, 0.25) is 0 Å². The molecular formula is C12H18N2O2. The summed E-state index contributed by atoms with van der Waals surface area (Å²) in [7, 11) is 1.80. The predicted molar refractivity (Wildman–Crippen MR) is 60.7 cm³/mol. The van der Waals surface area contributed by atoms with Gasteiger partial charge in [-0.05, 0) is 12.3 Å². The van der Waals surface area contributed by atoms with Crippen molar-refractivity contribution in [3.63, 3.8) is 0 Å². The maximum atomic E-state index is 11.3. The van der Waals surface area contributed by atoms with Crippen LogP contribution >= 0.6 is 0 Å². The van der Waals surface area contributed by atoms with Gasteiger partial charge in [0.1, 0.15) is 0 Å². The summed E-state index contributed by atoms with van der Waals surface area (Å²) in [4.78, 5) is 11.3. The molecule has 1 aromatic rings. The van der Waals surface area contributed by atoms with Gasteiger partial charge in [0.05, 0.1) is 12.8 Å². The lowest BCUT2D eigenvalue weighted by Gasteiger charge is -2.24. The van der Waals surface area contributed by atoms with Gasteiger partial charge in [-0.3, -0.25) is 9.48 Å². The quantitative estimate of drug-likeness (QED) is 0.717. The Morgan fingerprint density at radius 1 is 1.62 bits per heavy atom. The van der Waals surface area contributed by atoms with Crippen molar-refractivity contribution in [3.05, 3.63) is 11.9 Å². The molecule has 0 aliphatic heterocycles. The molecule has 0 spiro atoms. The molecule has 0 N–H and O–H groups in total. The van der Waals surface area contributed by atoms with E-state index < -0.39 is 0 Å². The monoisotopic (exact) mass is 222 g/mol. The third-order valence-corrected chi connectivity index (χ3v) is 3.14. The zero-order chi connectivity index (χ0) is 11.5. The van der Waals surface area contributed by atoms with Gasteiger partial charge in [0.25, 0.3) is 0 Å². The van der Waals surface area contributed by atoms with Crippen LogP contribution in [0.4, 0.5) is 0 Å². The lowest BCUT2D eigenvalue weighted by Crippen LogP contribution is -2.14. The Balaban J connectivity index is 1.89. The van der Waals surface area contributed by atoms with E-state index in [-0.39, 0.29) is 5.78 Å². The number of nitrogens with zero attached hydrogens (tertiary/aromatic N) is 2. The number of aryl methyl sites for hydroxylation is 1. The molecule has 0 radical (unpaired) electrons. The van der Waals surface area contributed by atoms with Crippen LogP contribution in [0.5, 0.6) is 5.75 Å². The highest BCUT2D eigenvalue weighted by atomic mass is 16.5. The van der Waals surface area contributed by atoms with E-state index in [9.17, 15) is 4.79 Å². The topological polar surface area (TPSA) is 44.1 Å². The number of hydrogen-bond donors (Lipinski definition) is 0. The number of aromatic nitrogens is 2. The number of ether oxygens (including phenoxy) is 1. The Kier molecular flexibility index (Phi) is 3.27. The maximum absolute atomic E-state index is 11.3. The zero-order valence-electron chi connectivity index (χ0n) is 9.90. The van der Waals surface area contributed by atoms with Crippen LogP contribution in [0.25, 0.3) is 0 Å². The van der Waals surface area contributed by atoms with Crippen LogP contribution in [0.1, 0.15) is 43.1 Å². The minimum absolute atomic E-state index is 0.0424. The van der Waals surface area contributed by atoms with E-state index in [1.54, 1.807) is 17.9 Å². The van der Waals surface area contributed by atoms with Crippen LogP contribution < -0.4 is 4.74 Å². The van der Waals surface area contributed by atoms with Crippen LogP contribution in [-0.4, -0.2) is 22.2 Å². The van der Waals surface area contributed by atoms with Gasteiger partial charge in [0.15, 0.2) is 17.2 Å². The molecule has 1 heterocycles. The highest BCUT2D eigenvalue weighted by molar-refractivity contribution is 5.94.